The van der Waals surface area contributed by atoms with Gasteiger partial charge in [-0.2, -0.15) is 5.26 Å². The maximum absolute atomic E-state index is 9.29. The summed E-state index contributed by atoms with van der Waals surface area (Å²) in [4.78, 5) is 0. The van der Waals surface area contributed by atoms with Gasteiger partial charge in [-0.15, -0.1) is 0 Å². The molecule has 2 heteroatoms. The Hall–Kier alpha value is -0.550. The molecule has 0 heterocycles. The standard InChI is InChI=1S/C13H23NO/c1-11(2)15-9-8-13(10-14)6-4-12(3)5-7-13/h11-12H,4-9H2,1-3H3. The van der Waals surface area contributed by atoms with Crippen LogP contribution in [0, 0.1) is 22.7 Å². The van der Waals surface area contributed by atoms with Gasteiger partial charge in [0.1, 0.15) is 0 Å². The molecule has 0 bridgehead atoms. The zero-order valence-corrected chi connectivity index (χ0v) is 10.3. The highest BCUT2D eigenvalue weighted by Crippen LogP contribution is 2.40. The van der Waals surface area contributed by atoms with Crippen LogP contribution in [0.4, 0.5) is 0 Å². The molecule has 86 valence electrons. The summed E-state index contributed by atoms with van der Waals surface area (Å²) in [5.41, 5.74) is -0.0819. The van der Waals surface area contributed by atoms with Crippen LogP contribution in [0.3, 0.4) is 0 Å². The molecule has 1 aliphatic carbocycles. The molecule has 1 aliphatic rings. The largest absolute Gasteiger partial charge is 0.379 e. The summed E-state index contributed by atoms with van der Waals surface area (Å²) in [6.45, 7) is 7.11. The minimum atomic E-state index is -0.0819. The molecule has 0 aromatic rings. The number of ether oxygens (including phenoxy) is 1. The number of nitrogens with zero attached hydrogens (tertiary/aromatic N) is 1. The lowest BCUT2D eigenvalue weighted by Crippen LogP contribution is -2.27. The first-order chi connectivity index (χ1) is 7.08. The smallest absolute Gasteiger partial charge is 0.0690 e. The molecule has 0 saturated heterocycles. The Morgan fingerprint density at radius 2 is 2.00 bits per heavy atom. The van der Waals surface area contributed by atoms with Gasteiger partial charge in [0.25, 0.3) is 0 Å². The fourth-order valence-electron chi connectivity index (χ4n) is 2.22. The maximum atomic E-state index is 9.29. The highest BCUT2D eigenvalue weighted by Gasteiger charge is 2.33. The predicted octanol–water partition coefficient (Wildman–Crippen LogP) is 3.52. The van der Waals surface area contributed by atoms with Crippen LogP contribution in [0.5, 0.6) is 0 Å². The lowest BCUT2D eigenvalue weighted by molar-refractivity contribution is 0.0506. The molecule has 0 spiro atoms. The lowest BCUT2D eigenvalue weighted by Gasteiger charge is -2.33. The average Bonchev–Trinajstić information content (AvgIpc) is 2.21. The Bertz CT molecular complexity index is 221. The molecule has 1 fully saturated rings. The van der Waals surface area contributed by atoms with E-state index in [4.69, 9.17) is 4.74 Å². The van der Waals surface area contributed by atoms with E-state index < -0.39 is 0 Å². The third-order valence-corrected chi connectivity index (χ3v) is 3.50. The summed E-state index contributed by atoms with van der Waals surface area (Å²) >= 11 is 0. The lowest BCUT2D eigenvalue weighted by atomic mass is 9.70. The minimum Gasteiger partial charge on any atom is -0.379 e. The van der Waals surface area contributed by atoms with Crippen molar-refractivity contribution in [2.75, 3.05) is 6.61 Å². The molecule has 1 rings (SSSR count). The summed E-state index contributed by atoms with van der Waals surface area (Å²) in [5.74, 6) is 0.803. The monoisotopic (exact) mass is 209 g/mol. The Labute approximate surface area is 93.6 Å². The average molecular weight is 209 g/mol. The quantitative estimate of drug-likeness (QED) is 0.709. The van der Waals surface area contributed by atoms with Gasteiger partial charge in [0.15, 0.2) is 0 Å². The molecule has 0 unspecified atom stereocenters. The third-order valence-electron chi connectivity index (χ3n) is 3.50. The second-order valence-electron chi connectivity index (χ2n) is 5.24. The predicted molar refractivity (Wildman–Crippen MR) is 61.4 cm³/mol. The first-order valence-electron chi connectivity index (χ1n) is 6.11. The van der Waals surface area contributed by atoms with Crippen molar-refractivity contribution in [3.05, 3.63) is 0 Å². The van der Waals surface area contributed by atoms with Crippen LogP contribution in [0.1, 0.15) is 52.9 Å². The van der Waals surface area contributed by atoms with Gasteiger partial charge in [-0.3, -0.25) is 0 Å². The van der Waals surface area contributed by atoms with E-state index in [9.17, 15) is 5.26 Å². The summed E-state index contributed by atoms with van der Waals surface area (Å²) in [6.07, 6.45) is 5.72. The fraction of sp³-hybridized carbons (Fsp3) is 0.923. The van der Waals surface area contributed by atoms with Gasteiger partial charge in [-0.05, 0) is 51.9 Å². The van der Waals surface area contributed by atoms with Crippen LogP contribution in [0.15, 0.2) is 0 Å². The molecule has 0 atom stereocenters. The van der Waals surface area contributed by atoms with Crippen molar-refractivity contribution in [3.8, 4) is 6.07 Å². The summed E-state index contributed by atoms with van der Waals surface area (Å²) in [6, 6.07) is 2.53. The van der Waals surface area contributed by atoms with E-state index in [2.05, 4.69) is 13.0 Å². The molecular weight excluding hydrogens is 186 g/mol. The molecule has 0 radical (unpaired) electrons. The fourth-order valence-corrected chi connectivity index (χ4v) is 2.22. The van der Waals surface area contributed by atoms with Crippen LogP contribution in [-0.4, -0.2) is 12.7 Å². The Morgan fingerprint density at radius 1 is 1.40 bits per heavy atom. The SMILES string of the molecule is CC1CCC(C#N)(CCOC(C)C)CC1. The summed E-state index contributed by atoms with van der Waals surface area (Å²) in [7, 11) is 0. The topological polar surface area (TPSA) is 33.0 Å². The van der Waals surface area contributed by atoms with E-state index in [0.717, 1.165) is 31.8 Å². The van der Waals surface area contributed by atoms with E-state index in [-0.39, 0.29) is 11.5 Å². The maximum Gasteiger partial charge on any atom is 0.0690 e. The number of nitriles is 1. The minimum absolute atomic E-state index is 0.0819. The summed E-state index contributed by atoms with van der Waals surface area (Å²) in [5, 5.41) is 9.29. The van der Waals surface area contributed by atoms with Crippen molar-refractivity contribution in [3.63, 3.8) is 0 Å². The van der Waals surface area contributed by atoms with Crippen molar-refractivity contribution in [2.24, 2.45) is 11.3 Å². The second kappa shape index (κ2) is 5.51. The van der Waals surface area contributed by atoms with E-state index in [1.54, 1.807) is 0 Å². The zero-order valence-electron chi connectivity index (χ0n) is 10.3. The molecule has 0 aromatic carbocycles. The van der Waals surface area contributed by atoms with Gasteiger partial charge in [0.05, 0.1) is 17.6 Å². The van der Waals surface area contributed by atoms with Gasteiger partial charge in [-0.1, -0.05) is 6.92 Å². The second-order valence-corrected chi connectivity index (χ2v) is 5.24. The van der Waals surface area contributed by atoms with E-state index in [0.29, 0.717) is 0 Å². The molecule has 1 saturated carbocycles. The normalized spacial score (nSPS) is 31.5. The van der Waals surface area contributed by atoms with Crippen molar-refractivity contribution < 1.29 is 4.74 Å². The number of hydrogen-bond acceptors (Lipinski definition) is 2. The van der Waals surface area contributed by atoms with E-state index in [1.165, 1.54) is 12.8 Å². The molecule has 0 aliphatic heterocycles. The van der Waals surface area contributed by atoms with Crippen LogP contribution >= 0.6 is 0 Å². The van der Waals surface area contributed by atoms with Crippen LogP contribution in [0.25, 0.3) is 0 Å². The summed E-state index contributed by atoms with van der Waals surface area (Å²) < 4.78 is 5.55. The highest BCUT2D eigenvalue weighted by atomic mass is 16.5. The van der Waals surface area contributed by atoms with Gasteiger partial charge in [0.2, 0.25) is 0 Å². The van der Waals surface area contributed by atoms with Crippen molar-refractivity contribution in [1.82, 2.24) is 0 Å². The van der Waals surface area contributed by atoms with Crippen LogP contribution in [-0.2, 0) is 4.74 Å². The van der Waals surface area contributed by atoms with Gasteiger partial charge in [0, 0.05) is 6.61 Å². The first kappa shape index (κ1) is 12.5. The Kier molecular flexibility index (Phi) is 4.60. The molecule has 15 heavy (non-hydrogen) atoms. The van der Waals surface area contributed by atoms with Crippen molar-refractivity contribution in [2.45, 2.75) is 59.0 Å². The van der Waals surface area contributed by atoms with Gasteiger partial charge < -0.3 is 4.74 Å². The molecule has 0 N–H and O–H groups in total. The number of rotatable bonds is 4. The highest BCUT2D eigenvalue weighted by molar-refractivity contribution is 5.01. The molecule has 0 aromatic heterocycles. The Morgan fingerprint density at radius 3 is 2.47 bits per heavy atom. The van der Waals surface area contributed by atoms with Gasteiger partial charge >= 0.3 is 0 Å². The first-order valence-corrected chi connectivity index (χ1v) is 6.11. The third kappa shape index (κ3) is 3.83. The van der Waals surface area contributed by atoms with Gasteiger partial charge in [-0.25, -0.2) is 0 Å². The zero-order chi connectivity index (χ0) is 11.3. The Balaban J connectivity index is 2.38. The van der Waals surface area contributed by atoms with E-state index in [1.807, 2.05) is 13.8 Å². The van der Waals surface area contributed by atoms with E-state index >= 15 is 0 Å². The van der Waals surface area contributed by atoms with Crippen molar-refractivity contribution >= 4 is 0 Å². The van der Waals surface area contributed by atoms with Crippen LogP contribution < -0.4 is 0 Å². The molecule has 0 amide bonds. The number of hydrogen-bond donors (Lipinski definition) is 0. The molecule has 2 nitrogen and oxygen atoms in total. The molecular formula is C13H23NO. The van der Waals surface area contributed by atoms with Crippen molar-refractivity contribution in [1.29, 1.82) is 5.26 Å². The van der Waals surface area contributed by atoms with Crippen LogP contribution in [0.2, 0.25) is 0 Å².